The monoisotopic (exact) mass is 432 g/mol. The number of nitrogens with one attached hydrogen (secondary N) is 1. The number of hydrogen-bond donors (Lipinski definition) is 2. The van der Waals surface area contributed by atoms with Crippen molar-refractivity contribution in [3.05, 3.63) is 29.5 Å². The van der Waals surface area contributed by atoms with Gasteiger partial charge in [0.05, 0.1) is 17.3 Å². The molecule has 15 heteroatoms. The summed E-state index contributed by atoms with van der Waals surface area (Å²) in [6, 6.07) is 5.46. The predicted octanol–water partition coefficient (Wildman–Crippen LogP) is -2.89. The Bertz CT molecular complexity index is 1010. The molecule has 0 spiro atoms. The van der Waals surface area contributed by atoms with Crippen LogP contribution in [-0.2, 0) is 24.4 Å². The first kappa shape index (κ1) is 21.2. The van der Waals surface area contributed by atoms with Crippen molar-refractivity contribution in [2.75, 3.05) is 23.4 Å². The molecule has 11 nitrogen and oxygen atoms in total. The van der Waals surface area contributed by atoms with Gasteiger partial charge in [0.1, 0.15) is 0 Å². The number of nitrogens with two attached hydrogens (primary N) is 1. The van der Waals surface area contributed by atoms with Gasteiger partial charge in [-0.25, -0.2) is 16.8 Å². The summed E-state index contributed by atoms with van der Waals surface area (Å²) < 4.78 is 66.3. The average molecular weight is 433 g/mol. The van der Waals surface area contributed by atoms with Gasteiger partial charge in [-0.2, -0.15) is 15.0 Å². The topological polar surface area (TPSA) is 177 Å². The summed E-state index contributed by atoms with van der Waals surface area (Å²) in [5.74, 6) is -0.857. The molecule has 1 heterocycles. The minimum absolute atomic E-state index is 0. The van der Waals surface area contributed by atoms with E-state index in [9.17, 15) is 21.4 Å². The second-order valence-corrected chi connectivity index (χ2v) is 7.95. The van der Waals surface area contributed by atoms with Gasteiger partial charge in [-0.3, -0.25) is 4.18 Å². The van der Waals surface area contributed by atoms with Crippen LogP contribution >= 0.6 is 11.6 Å². The summed E-state index contributed by atoms with van der Waals surface area (Å²) in [7, 11) is -8.88. The van der Waals surface area contributed by atoms with Crippen LogP contribution in [-0.4, -0.2) is 48.7 Å². The molecule has 0 fully saturated rings. The van der Waals surface area contributed by atoms with Gasteiger partial charge in [0.15, 0.2) is 11.2 Å². The van der Waals surface area contributed by atoms with E-state index in [1.54, 1.807) is 0 Å². The number of aromatic nitrogens is 3. The van der Waals surface area contributed by atoms with Gasteiger partial charge in [0, 0.05) is 5.69 Å². The molecule has 0 radical (unpaired) electrons. The smallest absolute Gasteiger partial charge is 0.726 e. The molecule has 0 unspecified atom stereocenters. The normalized spacial score (nSPS) is 12.0. The summed E-state index contributed by atoms with van der Waals surface area (Å²) in [5, 5.41) is 2.52. The Kier molecular flexibility index (Phi) is 7.54. The van der Waals surface area contributed by atoms with Gasteiger partial charge in [-0.15, -0.1) is 0 Å². The third-order valence-corrected chi connectivity index (χ3v) is 4.94. The first-order chi connectivity index (χ1) is 12.1. The SMILES string of the molecule is [2H]Nc1nc(Cl)nc(Nc2cccc(S(=O)(=O)CCOS(=O)(=O)[O-])c2)n1.[Na+]. The van der Waals surface area contributed by atoms with Crippen LogP contribution in [0, 0.1) is 0 Å². The molecule has 0 saturated heterocycles. The van der Waals surface area contributed by atoms with Crippen molar-refractivity contribution >= 4 is 49.4 Å². The van der Waals surface area contributed by atoms with E-state index in [-0.39, 0.29) is 57.3 Å². The quantitative estimate of drug-likeness (QED) is 0.248. The minimum Gasteiger partial charge on any atom is -0.726 e. The van der Waals surface area contributed by atoms with Crippen molar-refractivity contribution in [2.45, 2.75) is 4.90 Å². The molecule has 0 aliphatic rings. The maximum absolute atomic E-state index is 12.2. The van der Waals surface area contributed by atoms with E-state index in [2.05, 4.69) is 24.5 Å². The van der Waals surface area contributed by atoms with Crippen molar-refractivity contribution in [1.82, 2.24) is 15.0 Å². The number of sulfone groups is 1. The van der Waals surface area contributed by atoms with Gasteiger partial charge < -0.3 is 15.6 Å². The van der Waals surface area contributed by atoms with Crippen LogP contribution in [0.1, 0.15) is 0 Å². The second kappa shape index (κ2) is 9.23. The van der Waals surface area contributed by atoms with Gasteiger partial charge in [0.2, 0.25) is 27.6 Å². The first-order valence-electron chi connectivity index (χ1n) is 6.88. The molecule has 2 rings (SSSR count). The number of benzene rings is 1. The predicted molar refractivity (Wildman–Crippen MR) is 86.7 cm³/mol. The maximum atomic E-state index is 12.2. The molecule has 0 atom stereocenters. The Labute approximate surface area is 178 Å². The third kappa shape index (κ3) is 7.28. The number of nitrogen functional groups attached to an aromatic ring is 1. The van der Waals surface area contributed by atoms with Gasteiger partial charge >= 0.3 is 29.6 Å². The molecule has 0 bridgehead atoms. The van der Waals surface area contributed by atoms with Crippen LogP contribution in [0.15, 0.2) is 29.2 Å². The van der Waals surface area contributed by atoms with Gasteiger partial charge in [0.25, 0.3) is 0 Å². The Morgan fingerprint density at radius 3 is 2.65 bits per heavy atom. The minimum atomic E-state index is -4.97. The number of anilines is 3. The van der Waals surface area contributed by atoms with E-state index in [0.29, 0.717) is 0 Å². The molecule has 3 N–H and O–H groups in total. The van der Waals surface area contributed by atoms with E-state index in [0.717, 1.165) is 0 Å². The summed E-state index contributed by atoms with van der Waals surface area (Å²) in [6.45, 7) is -0.798. The van der Waals surface area contributed by atoms with Gasteiger partial charge in [-0.1, -0.05) is 6.07 Å². The Balaban J connectivity index is 0.00000364. The first-order valence-corrected chi connectivity index (χ1v) is 9.75. The largest absolute Gasteiger partial charge is 1.00 e. The molecular weight excluding hydrogens is 421 g/mol. The maximum Gasteiger partial charge on any atom is 1.00 e. The number of halogens is 1. The van der Waals surface area contributed by atoms with Crippen molar-refractivity contribution in [3.8, 4) is 0 Å². The molecule has 2 aromatic rings. The molecule has 26 heavy (non-hydrogen) atoms. The van der Waals surface area contributed by atoms with Crippen LogP contribution in [0.2, 0.25) is 6.70 Å². The van der Waals surface area contributed by atoms with E-state index in [4.69, 9.17) is 13.0 Å². The van der Waals surface area contributed by atoms with Gasteiger partial charge in [-0.05, 0) is 29.8 Å². The average Bonchev–Trinajstić information content (AvgIpc) is 2.53. The molecule has 136 valence electrons. The standard InChI is InChI=1S/C11H12ClN5O6S2.Na/c12-9-15-10(13)17-11(16-9)14-7-2-1-3-8(6-7)24(18,19)5-4-23-25(20,21)22;/h1-3,6H,4-5H2,(H,20,21,22)(H3,13,14,15,16,17);/q;+1/p-1/i/hD. The van der Waals surface area contributed by atoms with E-state index >= 15 is 0 Å². The van der Waals surface area contributed by atoms with Crippen LogP contribution in [0.4, 0.5) is 17.6 Å². The Morgan fingerprint density at radius 2 is 2.00 bits per heavy atom. The molecule has 1 aromatic heterocycles. The van der Waals surface area contributed by atoms with E-state index < -0.39 is 32.6 Å². The Morgan fingerprint density at radius 1 is 1.27 bits per heavy atom. The zero-order valence-electron chi connectivity index (χ0n) is 14.2. The Hall–Kier alpha value is -1.06. The summed E-state index contributed by atoms with van der Waals surface area (Å²) in [5.41, 5.74) is 2.22. The number of hydrogen-bond acceptors (Lipinski definition) is 11. The van der Waals surface area contributed by atoms with Crippen molar-refractivity contribution in [1.29, 1.82) is 0 Å². The molecule has 0 aliphatic carbocycles. The number of rotatable bonds is 8. The second-order valence-electron chi connectivity index (χ2n) is 4.45. The zero-order valence-corrected chi connectivity index (χ0v) is 17.6. The molecule has 1 aromatic carbocycles. The fourth-order valence-electron chi connectivity index (χ4n) is 1.67. The fourth-order valence-corrected chi connectivity index (χ4v) is 3.35. The number of nitrogens with zero attached hydrogens (tertiary/aromatic N) is 3. The van der Waals surface area contributed by atoms with E-state index in [1.807, 2.05) is 5.73 Å². The zero-order chi connectivity index (χ0) is 19.4. The van der Waals surface area contributed by atoms with Crippen molar-refractivity contribution in [3.63, 3.8) is 0 Å². The van der Waals surface area contributed by atoms with E-state index in [1.165, 1.54) is 24.3 Å². The summed E-state index contributed by atoms with van der Waals surface area (Å²) in [4.78, 5) is 11.1. The third-order valence-electron chi connectivity index (χ3n) is 2.64. The fraction of sp³-hybridized carbons (Fsp3) is 0.182. The molecule has 0 saturated carbocycles. The molecular formula is C11H11ClN5NaO6S2. The summed E-state index contributed by atoms with van der Waals surface area (Å²) in [6.07, 6.45) is 0. The van der Waals surface area contributed by atoms with Crippen molar-refractivity contribution < 1.29 is 56.5 Å². The molecule has 0 amide bonds. The van der Waals surface area contributed by atoms with Crippen LogP contribution in [0.5, 0.6) is 0 Å². The van der Waals surface area contributed by atoms with Crippen LogP contribution < -0.4 is 40.6 Å². The summed E-state index contributed by atoms with van der Waals surface area (Å²) >= 11 is 5.68. The van der Waals surface area contributed by atoms with Crippen LogP contribution in [0.3, 0.4) is 0 Å². The van der Waals surface area contributed by atoms with Crippen LogP contribution in [0.25, 0.3) is 0 Å². The van der Waals surface area contributed by atoms with Crippen molar-refractivity contribution in [2.24, 2.45) is 0 Å². The molecule has 0 aliphatic heterocycles.